The number of hydrogen-bond acceptors (Lipinski definition) is 4. The number of rotatable bonds is 5. The molecule has 3 N–H and O–H groups in total. The third-order valence-electron chi connectivity index (χ3n) is 4.12. The highest BCUT2D eigenvalue weighted by atomic mass is 32.2. The summed E-state index contributed by atoms with van der Waals surface area (Å²) in [4.78, 5) is 2.59. The molecule has 1 aromatic carbocycles. The van der Waals surface area contributed by atoms with Crippen LogP contribution in [0.4, 0.5) is 5.69 Å². The van der Waals surface area contributed by atoms with E-state index in [2.05, 4.69) is 23.5 Å². The van der Waals surface area contributed by atoms with Gasteiger partial charge in [-0.15, -0.1) is 0 Å². The third-order valence-corrected chi connectivity index (χ3v) is 5.76. The normalized spacial score (nSPS) is 20.3. The van der Waals surface area contributed by atoms with Crippen LogP contribution in [-0.2, 0) is 10.0 Å². The van der Waals surface area contributed by atoms with E-state index in [0.717, 1.165) is 19.5 Å². The summed E-state index contributed by atoms with van der Waals surface area (Å²) in [6, 6.07) is 5.67. The van der Waals surface area contributed by atoms with E-state index in [0.29, 0.717) is 29.8 Å². The van der Waals surface area contributed by atoms with Crippen LogP contribution in [0, 0.1) is 12.8 Å². The van der Waals surface area contributed by atoms with Crippen molar-refractivity contribution in [1.82, 2.24) is 9.62 Å². The SMILES string of the molecule is Cc1cccc(N)c1S(=O)(=O)NCC1CCN(C(C)C)C1. The number of benzene rings is 1. The average molecular weight is 311 g/mol. The fourth-order valence-corrected chi connectivity index (χ4v) is 4.31. The second kappa shape index (κ2) is 6.34. The van der Waals surface area contributed by atoms with Crippen molar-refractivity contribution < 1.29 is 8.42 Å². The minimum atomic E-state index is -3.54. The number of anilines is 1. The lowest BCUT2D eigenvalue weighted by Gasteiger charge is -2.20. The number of aryl methyl sites for hydroxylation is 1. The van der Waals surface area contributed by atoms with Gasteiger partial charge < -0.3 is 10.6 Å². The van der Waals surface area contributed by atoms with Crippen molar-refractivity contribution >= 4 is 15.7 Å². The van der Waals surface area contributed by atoms with E-state index in [1.54, 1.807) is 25.1 Å². The summed E-state index contributed by atoms with van der Waals surface area (Å²) in [5.74, 6) is 0.368. The van der Waals surface area contributed by atoms with E-state index in [9.17, 15) is 8.42 Å². The number of sulfonamides is 1. The van der Waals surface area contributed by atoms with Gasteiger partial charge in [-0.05, 0) is 51.3 Å². The first-order chi connectivity index (χ1) is 9.81. The van der Waals surface area contributed by atoms with E-state index >= 15 is 0 Å². The van der Waals surface area contributed by atoms with Gasteiger partial charge in [-0.3, -0.25) is 0 Å². The van der Waals surface area contributed by atoms with Crippen LogP contribution in [0.3, 0.4) is 0 Å². The Bertz CT molecular complexity index is 579. The Morgan fingerprint density at radius 1 is 1.43 bits per heavy atom. The minimum absolute atomic E-state index is 0.212. The molecular formula is C15H25N3O2S. The topological polar surface area (TPSA) is 75.4 Å². The molecule has 1 fully saturated rings. The van der Waals surface area contributed by atoms with Gasteiger partial charge in [-0.25, -0.2) is 13.1 Å². The van der Waals surface area contributed by atoms with Crippen LogP contribution in [0.25, 0.3) is 0 Å². The summed E-state index contributed by atoms with van der Waals surface area (Å²) in [7, 11) is -3.54. The second-order valence-electron chi connectivity index (χ2n) is 6.09. The molecule has 1 heterocycles. The highest BCUT2D eigenvalue weighted by Gasteiger charge is 2.26. The molecule has 118 valence electrons. The maximum absolute atomic E-state index is 12.4. The van der Waals surface area contributed by atoms with Gasteiger partial charge >= 0.3 is 0 Å². The zero-order chi connectivity index (χ0) is 15.6. The summed E-state index contributed by atoms with van der Waals surface area (Å²) in [5.41, 5.74) is 6.81. The van der Waals surface area contributed by atoms with Gasteiger partial charge in [0.15, 0.2) is 0 Å². The van der Waals surface area contributed by atoms with E-state index in [1.807, 2.05) is 0 Å². The molecule has 1 aliphatic heterocycles. The number of nitrogens with zero attached hydrogens (tertiary/aromatic N) is 1. The first-order valence-corrected chi connectivity index (χ1v) is 8.88. The Balaban J connectivity index is 2.03. The van der Waals surface area contributed by atoms with Crippen molar-refractivity contribution in [3.05, 3.63) is 23.8 Å². The molecule has 6 heteroatoms. The van der Waals surface area contributed by atoms with E-state index in [4.69, 9.17) is 5.73 Å². The Labute approximate surface area is 127 Å². The second-order valence-corrected chi connectivity index (χ2v) is 7.79. The van der Waals surface area contributed by atoms with Crippen LogP contribution in [0.2, 0.25) is 0 Å². The first kappa shape index (κ1) is 16.3. The number of hydrogen-bond donors (Lipinski definition) is 2. The highest BCUT2D eigenvalue weighted by Crippen LogP contribution is 2.23. The summed E-state index contributed by atoms with van der Waals surface area (Å²) in [5, 5.41) is 0. The number of nitrogens with two attached hydrogens (primary N) is 1. The Morgan fingerprint density at radius 2 is 2.14 bits per heavy atom. The largest absolute Gasteiger partial charge is 0.398 e. The van der Waals surface area contributed by atoms with Crippen LogP contribution in [0.5, 0.6) is 0 Å². The molecule has 0 amide bonds. The smallest absolute Gasteiger partial charge is 0.242 e. The predicted octanol–water partition coefficient (Wildman–Crippen LogP) is 1.59. The molecule has 0 saturated carbocycles. The van der Waals surface area contributed by atoms with Crippen molar-refractivity contribution in [3.63, 3.8) is 0 Å². The molecule has 1 aliphatic rings. The zero-order valence-electron chi connectivity index (χ0n) is 13.0. The molecular weight excluding hydrogens is 286 g/mol. The zero-order valence-corrected chi connectivity index (χ0v) is 13.8. The molecule has 0 spiro atoms. The fourth-order valence-electron chi connectivity index (χ4n) is 2.84. The maximum atomic E-state index is 12.4. The Hall–Kier alpha value is -1.11. The van der Waals surface area contributed by atoms with Gasteiger partial charge in [-0.1, -0.05) is 12.1 Å². The van der Waals surface area contributed by atoms with Crippen LogP contribution < -0.4 is 10.5 Å². The first-order valence-electron chi connectivity index (χ1n) is 7.40. The molecule has 0 bridgehead atoms. The van der Waals surface area contributed by atoms with Crippen molar-refractivity contribution in [1.29, 1.82) is 0 Å². The molecule has 1 aromatic rings. The predicted molar refractivity (Wildman–Crippen MR) is 85.6 cm³/mol. The van der Waals surface area contributed by atoms with E-state index in [-0.39, 0.29) is 4.90 Å². The van der Waals surface area contributed by atoms with Crippen LogP contribution in [0.1, 0.15) is 25.8 Å². The number of nitrogens with one attached hydrogen (secondary N) is 1. The fraction of sp³-hybridized carbons (Fsp3) is 0.600. The molecule has 1 unspecified atom stereocenters. The Kier molecular flexibility index (Phi) is 4.91. The van der Waals surface area contributed by atoms with Gasteiger partial charge in [0, 0.05) is 19.1 Å². The van der Waals surface area contributed by atoms with Gasteiger partial charge in [-0.2, -0.15) is 0 Å². The minimum Gasteiger partial charge on any atom is -0.398 e. The monoisotopic (exact) mass is 311 g/mol. The van der Waals surface area contributed by atoms with E-state index in [1.165, 1.54) is 0 Å². The van der Waals surface area contributed by atoms with Gasteiger partial charge in [0.05, 0.1) is 5.69 Å². The summed E-state index contributed by atoms with van der Waals surface area (Å²) in [6.45, 7) is 8.56. The molecule has 1 atom stereocenters. The lowest BCUT2D eigenvalue weighted by atomic mass is 10.1. The lowest BCUT2D eigenvalue weighted by molar-refractivity contribution is 0.265. The standard InChI is InChI=1S/C15H25N3O2S/c1-11(2)18-8-7-13(10-18)9-17-21(19,20)15-12(3)5-4-6-14(15)16/h4-6,11,13,17H,7-10,16H2,1-3H3. The van der Waals surface area contributed by atoms with E-state index < -0.39 is 10.0 Å². The molecule has 2 rings (SSSR count). The van der Waals surface area contributed by atoms with Gasteiger partial charge in [0.2, 0.25) is 10.0 Å². The van der Waals surface area contributed by atoms with Crippen LogP contribution in [0.15, 0.2) is 23.1 Å². The average Bonchev–Trinajstić information content (AvgIpc) is 2.85. The Morgan fingerprint density at radius 3 is 2.71 bits per heavy atom. The van der Waals surface area contributed by atoms with Crippen molar-refractivity contribution in [2.45, 2.75) is 38.1 Å². The van der Waals surface area contributed by atoms with Crippen molar-refractivity contribution in [3.8, 4) is 0 Å². The molecule has 0 aromatic heterocycles. The summed E-state index contributed by atoms with van der Waals surface area (Å²) in [6.07, 6.45) is 1.03. The quantitative estimate of drug-likeness (QED) is 0.810. The molecule has 5 nitrogen and oxygen atoms in total. The molecule has 21 heavy (non-hydrogen) atoms. The van der Waals surface area contributed by atoms with Crippen molar-refractivity contribution in [2.24, 2.45) is 5.92 Å². The van der Waals surface area contributed by atoms with Crippen LogP contribution in [-0.4, -0.2) is 39.0 Å². The number of nitrogen functional groups attached to an aromatic ring is 1. The highest BCUT2D eigenvalue weighted by molar-refractivity contribution is 7.89. The molecule has 0 aliphatic carbocycles. The maximum Gasteiger partial charge on any atom is 0.242 e. The summed E-state index contributed by atoms with van der Waals surface area (Å²) >= 11 is 0. The van der Waals surface area contributed by atoms with Crippen LogP contribution >= 0.6 is 0 Å². The lowest BCUT2D eigenvalue weighted by Crippen LogP contribution is -2.33. The molecule has 0 radical (unpaired) electrons. The van der Waals surface area contributed by atoms with Gasteiger partial charge in [0.1, 0.15) is 4.90 Å². The number of likely N-dealkylation sites (tertiary alicyclic amines) is 1. The third kappa shape index (κ3) is 3.75. The van der Waals surface area contributed by atoms with Crippen molar-refractivity contribution in [2.75, 3.05) is 25.4 Å². The molecule has 1 saturated heterocycles. The van der Waals surface area contributed by atoms with Gasteiger partial charge in [0.25, 0.3) is 0 Å². The summed E-state index contributed by atoms with van der Waals surface area (Å²) < 4.78 is 27.6.